The van der Waals surface area contributed by atoms with Crippen molar-refractivity contribution in [3.05, 3.63) is 70.2 Å². The van der Waals surface area contributed by atoms with Gasteiger partial charge in [0.1, 0.15) is 0 Å². The van der Waals surface area contributed by atoms with Gasteiger partial charge in [-0.3, -0.25) is 0 Å². The third-order valence-corrected chi connectivity index (χ3v) is 6.37. The number of halogens is 4. The molecule has 3 rings (SSSR count). The molecule has 0 fully saturated rings. The zero-order chi connectivity index (χ0) is 20.4. The molecular formula is C23H26ClF3O. The van der Waals surface area contributed by atoms with Crippen LogP contribution < -0.4 is 0 Å². The lowest BCUT2D eigenvalue weighted by molar-refractivity contribution is -0.223. The van der Waals surface area contributed by atoms with Crippen molar-refractivity contribution in [1.29, 1.82) is 0 Å². The normalized spacial score (nSPS) is 24.8. The Morgan fingerprint density at radius 1 is 1.07 bits per heavy atom. The molecule has 0 bridgehead atoms. The molecule has 0 saturated carbocycles. The van der Waals surface area contributed by atoms with Crippen molar-refractivity contribution in [3.63, 3.8) is 0 Å². The number of unbranched alkanes of at least 4 members (excludes halogenated alkanes) is 2. The van der Waals surface area contributed by atoms with Crippen molar-refractivity contribution in [1.82, 2.24) is 0 Å². The van der Waals surface area contributed by atoms with E-state index in [-0.39, 0.29) is 29.8 Å². The highest BCUT2D eigenvalue weighted by molar-refractivity contribution is 6.31. The first-order chi connectivity index (χ1) is 13.3. The summed E-state index contributed by atoms with van der Waals surface area (Å²) in [6.07, 6.45) is -3.30. The van der Waals surface area contributed by atoms with Gasteiger partial charge in [-0.05, 0) is 42.0 Å². The predicted molar refractivity (Wildman–Crippen MR) is 107 cm³/mol. The van der Waals surface area contributed by atoms with Crippen LogP contribution in [0.15, 0.2) is 48.5 Å². The van der Waals surface area contributed by atoms with E-state index >= 15 is 0 Å². The number of aliphatic hydroxyl groups excluding tert-OH is 1. The average Bonchev–Trinajstić information content (AvgIpc) is 2.64. The highest BCUT2D eigenvalue weighted by Crippen LogP contribution is 2.57. The van der Waals surface area contributed by atoms with E-state index in [0.29, 0.717) is 18.4 Å². The molecule has 0 saturated heterocycles. The fourth-order valence-electron chi connectivity index (χ4n) is 4.76. The average molecular weight is 411 g/mol. The van der Waals surface area contributed by atoms with E-state index in [2.05, 4.69) is 0 Å². The number of rotatable bonds is 6. The van der Waals surface area contributed by atoms with E-state index in [4.69, 9.17) is 11.6 Å². The summed E-state index contributed by atoms with van der Waals surface area (Å²) >= 11 is 6.38. The molecule has 3 unspecified atom stereocenters. The number of benzene rings is 2. The minimum Gasteiger partial charge on any atom is -0.392 e. The Balaban J connectivity index is 2.18. The summed E-state index contributed by atoms with van der Waals surface area (Å²) in [6, 6.07) is 14.0. The van der Waals surface area contributed by atoms with Gasteiger partial charge in [0.15, 0.2) is 0 Å². The third-order valence-electron chi connectivity index (χ3n) is 6.05. The second-order valence-corrected chi connectivity index (χ2v) is 8.18. The van der Waals surface area contributed by atoms with Gasteiger partial charge in [-0.25, -0.2) is 0 Å². The van der Waals surface area contributed by atoms with Crippen molar-refractivity contribution < 1.29 is 18.3 Å². The molecule has 2 aromatic rings. The Morgan fingerprint density at radius 3 is 2.43 bits per heavy atom. The van der Waals surface area contributed by atoms with Crippen LogP contribution in [-0.4, -0.2) is 17.4 Å². The molecule has 1 nitrogen and oxygen atoms in total. The summed E-state index contributed by atoms with van der Waals surface area (Å²) in [7, 11) is 0. The van der Waals surface area contributed by atoms with Crippen LogP contribution in [0.3, 0.4) is 0 Å². The fourth-order valence-corrected chi connectivity index (χ4v) is 5.12. The number of hydrogen-bond donors (Lipinski definition) is 1. The molecule has 1 N–H and O–H groups in total. The summed E-state index contributed by atoms with van der Waals surface area (Å²) in [5, 5.41) is 11.0. The van der Waals surface area contributed by atoms with Gasteiger partial charge in [-0.15, -0.1) is 0 Å². The van der Waals surface area contributed by atoms with Crippen LogP contribution in [0.2, 0.25) is 5.02 Å². The Morgan fingerprint density at radius 2 is 1.79 bits per heavy atom. The van der Waals surface area contributed by atoms with Crippen molar-refractivity contribution in [2.24, 2.45) is 5.92 Å². The van der Waals surface area contributed by atoms with Gasteiger partial charge in [0, 0.05) is 10.9 Å². The molecule has 3 atom stereocenters. The smallest absolute Gasteiger partial charge is 0.392 e. The van der Waals surface area contributed by atoms with Crippen molar-refractivity contribution >= 4 is 11.6 Å². The van der Waals surface area contributed by atoms with E-state index in [1.165, 1.54) is 6.07 Å². The molecular weight excluding hydrogens is 385 g/mol. The summed E-state index contributed by atoms with van der Waals surface area (Å²) < 4.78 is 44.5. The first-order valence-electron chi connectivity index (χ1n) is 9.88. The molecule has 0 radical (unpaired) electrons. The maximum Gasteiger partial charge on any atom is 0.398 e. The van der Waals surface area contributed by atoms with Crippen LogP contribution in [0.5, 0.6) is 0 Å². The summed E-state index contributed by atoms with van der Waals surface area (Å²) in [4.78, 5) is 0. The quantitative estimate of drug-likeness (QED) is 0.539. The number of alkyl halides is 3. The van der Waals surface area contributed by atoms with Gasteiger partial charge in [0.2, 0.25) is 0 Å². The molecule has 0 amide bonds. The molecule has 0 spiro atoms. The Bertz CT molecular complexity index is 790. The molecule has 28 heavy (non-hydrogen) atoms. The van der Waals surface area contributed by atoms with Crippen LogP contribution in [0, 0.1) is 5.92 Å². The molecule has 1 aliphatic carbocycles. The zero-order valence-corrected chi connectivity index (χ0v) is 16.7. The molecule has 2 aromatic carbocycles. The summed E-state index contributed by atoms with van der Waals surface area (Å²) in [5.41, 5.74) is -0.667. The van der Waals surface area contributed by atoms with E-state index in [0.717, 1.165) is 12.0 Å². The van der Waals surface area contributed by atoms with Gasteiger partial charge >= 0.3 is 6.18 Å². The fraction of sp³-hybridized carbons (Fsp3) is 0.478. The number of aliphatic hydroxyl groups is 1. The lowest BCUT2D eigenvalue weighted by Gasteiger charge is -2.49. The van der Waals surface area contributed by atoms with E-state index < -0.39 is 23.6 Å². The maximum atomic E-state index is 14.8. The first-order valence-corrected chi connectivity index (χ1v) is 10.3. The Labute approximate surface area is 169 Å². The molecule has 0 aliphatic heterocycles. The largest absolute Gasteiger partial charge is 0.398 e. The van der Waals surface area contributed by atoms with Crippen molar-refractivity contribution in [2.45, 2.75) is 63.1 Å². The second kappa shape index (κ2) is 8.46. The lowest BCUT2D eigenvalue weighted by atomic mass is 9.58. The zero-order valence-electron chi connectivity index (χ0n) is 16.0. The molecule has 5 heteroatoms. The molecule has 0 heterocycles. The van der Waals surface area contributed by atoms with E-state index in [1.807, 2.05) is 37.3 Å². The third kappa shape index (κ3) is 3.81. The molecule has 152 valence electrons. The topological polar surface area (TPSA) is 20.2 Å². The Kier molecular flexibility index (Phi) is 6.41. The molecule has 1 aliphatic rings. The Hall–Kier alpha value is -1.52. The minimum absolute atomic E-state index is 0.0599. The first kappa shape index (κ1) is 21.2. The van der Waals surface area contributed by atoms with Crippen molar-refractivity contribution in [3.8, 4) is 0 Å². The highest BCUT2D eigenvalue weighted by Gasteiger charge is 2.63. The van der Waals surface area contributed by atoms with E-state index in [9.17, 15) is 18.3 Å². The van der Waals surface area contributed by atoms with Crippen LogP contribution in [0.1, 0.15) is 49.3 Å². The van der Waals surface area contributed by atoms with Gasteiger partial charge in [-0.1, -0.05) is 80.3 Å². The highest BCUT2D eigenvalue weighted by atomic mass is 35.5. The van der Waals surface area contributed by atoms with Gasteiger partial charge in [0.05, 0.1) is 11.5 Å². The number of hydrogen-bond acceptors (Lipinski definition) is 1. The summed E-state index contributed by atoms with van der Waals surface area (Å²) in [5.74, 6) is -0.973. The van der Waals surface area contributed by atoms with Crippen LogP contribution >= 0.6 is 11.6 Å². The van der Waals surface area contributed by atoms with Gasteiger partial charge < -0.3 is 5.11 Å². The van der Waals surface area contributed by atoms with Gasteiger partial charge in [-0.2, -0.15) is 13.2 Å². The monoisotopic (exact) mass is 410 g/mol. The number of fused-ring (bicyclic) bond motifs is 1. The van der Waals surface area contributed by atoms with Crippen LogP contribution in [0.25, 0.3) is 0 Å². The van der Waals surface area contributed by atoms with Gasteiger partial charge in [0.25, 0.3) is 0 Å². The predicted octanol–water partition coefficient (Wildman–Crippen LogP) is 6.50. The second-order valence-electron chi connectivity index (χ2n) is 7.77. The van der Waals surface area contributed by atoms with Crippen LogP contribution in [0.4, 0.5) is 13.2 Å². The minimum atomic E-state index is -4.51. The van der Waals surface area contributed by atoms with E-state index in [1.54, 1.807) is 12.1 Å². The molecule has 0 aromatic heterocycles. The van der Waals surface area contributed by atoms with Crippen LogP contribution in [-0.2, 0) is 18.3 Å². The standard InChI is InChI=1S/C23H26ClF3O/c1-2-3-7-13-22(23(25,26)27)18(14-16-9-5-4-6-10-16)20(28)15-17-11-8-12-19(24)21(17)22/h4-6,8-12,18,20,28H,2-3,7,13-15H2,1H3. The maximum absolute atomic E-state index is 14.8. The van der Waals surface area contributed by atoms with Crippen molar-refractivity contribution in [2.75, 3.05) is 0 Å². The SMILES string of the molecule is CCCCCC1(C(F)(F)F)c2c(Cl)cccc2CC(O)C1Cc1ccccc1. The summed E-state index contributed by atoms with van der Waals surface area (Å²) in [6.45, 7) is 1.97. The lowest BCUT2D eigenvalue weighted by Crippen LogP contribution is -2.56.